The number of hydrogen-bond donors (Lipinski definition) is 2. The van der Waals surface area contributed by atoms with Gasteiger partial charge >= 0.3 is 0 Å². The Balaban J connectivity index is 2.54. The summed E-state index contributed by atoms with van der Waals surface area (Å²) in [7, 11) is 1.70. The highest BCUT2D eigenvalue weighted by molar-refractivity contribution is 5.63. The fraction of sp³-hybridized carbons (Fsp3) is 0.600. The number of nitro benzene ring substituents is 1. The van der Waals surface area contributed by atoms with Gasteiger partial charge in [-0.2, -0.15) is 0 Å². The Labute approximate surface area is 126 Å². The third-order valence-electron chi connectivity index (χ3n) is 3.06. The number of anilines is 2. The molecular weight excluding hydrogens is 270 g/mol. The molecule has 2 N–H and O–H groups in total. The molecule has 0 aliphatic heterocycles. The molecule has 1 aromatic carbocycles. The van der Waals surface area contributed by atoms with E-state index in [2.05, 4.69) is 17.6 Å². The van der Waals surface area contributed by atoms with E-state index in [1.807, 2.05) is 6.07 Å². The Morgan fingerprint density at radius 2 is 1.76 bits per heavy atom. The minimum absolute atomic E-state index is 0.109. The number of nitro groups is 1. The predicted molar refractivity (Wildman–Crippen MR) is 86.1 cm³/mol. The van der Waals surface area contributed by atoms with Gasteiger partial charge in [0, 0.05) is 50.3 Å². The highest BCUT2D eigenvalue weighted by atomic mass is 16.6. The molecule has 0 saturated carbocycles. The monoisotopic (exact) mass is 295 g/mol. The quantitative estimate of drug-likeness (QED) is 0.370. The van der Waals surface area contributed by atoms with E-state index in [1.54, 1.807) is 19.2 Å². The molecule has 0 aromatic heterocycles. The van der Waals surface area contributed by atoms with E-state index < -0.39 is 0 Å². The minimum Gasteiger partial charge on any atom is -0.385 e. The lowest BCUT2D eigenvalue weighted by Crippen LogP contribution is -2.05. The van der Waals surface area contributed by atoms with Gasteiger partial charge < -0.3 is 15.4 Å². The molecule has 6 nitrogen and oxygen atoms in total. The molecular formula is C15H25N3O3. The molecule has 0 radical (unpaired) electrons. The van der Waals surface area contributed by atoms with Gasteiger partial charge in [-0.05, 0) is 31.7 Å². The molecule has 6 heteroatoms. The predicted octanol–water partition coefficient (Wildman–Crippen LogP) is 3.65. The molecule has 0 bridgehead atoms. The summed E-state index contributed by atoms with van der Waals surface area (Å²) in [5.74, 6) is 0. The van der Waals surface area contributed by atoms with E-state index in [-0.39, 0.29) is 10.6 Å². The van der Waals surface area contributed by atoms with Gasteiger partial charge in [-0.1, -0.05) is 6.92 Å². The molecule has 0 heterocycles. The Kier molecular flexibility index (Phi) is 8.19. The van der Waals surface area contributed by atoms with Crippen molar-refractivity contribution in [1.82, 2.24) is 0 Å². The normalized spacial score (nSPS) is 10.4. The first-order chi connectivity index (χ1) is 10.2. The van der Waals surface area contributed by atoms with Crippen molar-refractivity contribution in [1.29, 1.82) is 0 Å². The maximum Gasteiger partial charge on any atom is 0.273 e. The summed E-state index contributed by atoms with van der Waals surface area (Å²) in [4.78, 5) is 10.6. The summed E-state index contributed by atoms with van der Waals surface area (Å²) in [6.45, 7) is 4.45. The van der Waals surface area contributed by atoms with Gasteiger partial charge in [0.05, 0.1) is 4.92 Å². The van der Waals surface area contributed by atoms with Gasteiger partial charge in [0.1, 0.15) is 0 Å². The van der Waals surface area contributed by atoms with Crippen LogP contribution in [0.1, 0.15) is 32.6 Å². The highest BCUT2D eigenvalue weighted by Gasteiger charge is 2.09. The van der Waals surface area contributed by atoms with Gasteiger partial charge in [0.2, 0.25) is 0 Å². The summed E-state index contributed by atoms with van der Waals surface area (Å²) in [6.07, 6.45) is 4.11. The molecule has 0 saturated heterocycles. The van der Waals surface area contributed by atoms with Crippen LogP contribution in [0.25, 0.3) is 0 Å². The number of non-ortho nitro benzene ring substituents is 1. The van der Waals surface area contributed by atoms with Crippen molar-refractivity contribution >= 4 is 17.1 Å². The van der Waals surface area contributed by atoms with E-state index in [0.29, 0.717) is 0 Å². The van der Waals surface area contributed by atoms with Crippen molar-refractivity contribution < 1.29 is 9.66 Å². The van der Waals surface area contributed by atoms with Crippen LogP contribution in [0.15, 0.2) is 18.2 Å². The number of hydrogen-bond acceptors (Lipinski definition) is 5. The van der Waals surface area contributed by atoms with E-state index in [1.165, 1.54) is 0 Å². The average Bonchev–Trinajstić information content (AvgIpc) is 2.48. The Morgan fingerprint density at radius 1 is 1.10 bits per heavy atom. The van der Waals surface area contributed by atoms with E-state index in [0.717, 1.165) is 56.8 Å². The lowest BCUT2D eigenvalue weighted by molar-refractivity contribution is -0.384. The van der Waals surface area contributed by atoms with Crippen LogP contribution in [0.2, 0.25) is 0 Å². The minimum atomic E-state index is -0.360. The Hall–Kier alpha value is -1.82. The first-order valence-corrected chi connectivity index (χ1v) is 7.43. The van der Waals surface area contributed by atoms with Crippen molar-refractivity contribution in [2.45, 2.75) is 32.6 Å². The van der Waals surface area contributed by atoms with Gasteiger partial charge in [-0.3, -0.25) is 10.1 Å². The topological polar surface area (TPSA) is 76.4 Å². The molecule has 21 heavy (non-hydrogen) atoms. The van der Waals surface area contributed by atoms with Crippen molar-refractivity contribution in [3.05, 3.63) is 28.3 Å². The molecule has 1 aromatic rings. The number of rotatable bonds is 11. The van der Waals surface area contributed by atoms with Crippen LogP contribution >= 0.6 is 0 Å². The zero-order valence-corrected chi connectivity index (χ0v) is 12.9. The Morgan fingerprint density at radius 3 is 2.33 bits per heavy atom. The lowest BCUT2D eigenvalue weighted by Gasteiger charge is -2.10. The number of ether oxygens (including phenoxy) is 1. The van der Waals surface area contributed by atoms with Gasteiger partial charge in [0.25, 0.3) is 5.69 Å². The smallest absolute Gasteiger partial charge is 0.273 e. The summed E-state index contributed by atoms with van der Waals surface area (Å²) >= 11 is 0. The lowest BCUT2D eigenvalue weighted by atomic mass is 10.2. The second kappa shape index (κ2) is 9.99. The summed E-state index contributed by atoms with van der Waals surface area (Å²) in [6, 6.07) is 5.06. The number of nitrogens with one attached hydrogen (secondary N) is 2. The molecule has 1 rings (SSSR count). The first kappa shape index (κ1) is 17.2. The van der Waals surface area contributed by atoms with Crippen LogP contribution in [-0.4, -0.2) is 31.7 Å². The van der Waals surface area contributed by atoms with Crippen LogP contribution in [0.5, 0.6) is 0 Å². The fourth-order valence-corrected chi connectivity index (χ4v) is 1.97. The zero-order chi connectivity index (χ0) is 15.5. The van der Waals surface area contributed by atoms with Crippen LogP contribution < -0.4 is 10.6 Å². The second-order valence-corrected chi connectivity index (χ2v) is 4.93. The molecule has 0 amide bonds. The van der Waals surface area contributed by atoms with Crippen LogP contribution in [0, 0.1) is 10.1 Å². The number of unbranched alkanes of at least 4 members (excludes halogenated alkanes) is 2. The van der Waals surface area contributed by atoms with Crippen molar-refractivity contribution in [2.24, 2.45) is 0 Å². The molecule has 0 spiro atoms. The summed E-state index contributed by atoms with van der Waals surface area (Å²) < 4.78 is 5.00. The fourth-order valence-electron chi connectivity index (χ4n) is 1.97. The van der Waals surface area contributed by atoms with Gasteiger partial charge in [-0.15, -0.1) is 0 Å². The van der Waals surface area contributed by atoms with Crippen LogP contribution in [0.4, 0.5) is 17.1 Å². The summed E-state index contributed by atoms with van der Waals surface area (Å²) in [5.41, 5.74) is 1.68. The molecule has 0 unspecified atom stereocenters. The van der Waals surface area contributed by atoms with Gasteiger partial charge in [0.15, 0.2) is 0 Å². The first-order valence-electron chi connectivity index (χ1n) is 7.43. The van der Waals surface area contributed by atoms with Crippen molar-refractivity contribution in [2.75, 3.05) is 37.4 Å². The van der Waals surface area contributed by atoms with Crippen LogP contribution in [0.3, 0.4) is 0 Å². The third kappa shape index (κ3) is 6.94. The highest BCUT2D eigenvalue weighted by Crippen LogP contribution is 2.24. The number of nitrogens with zero attached hydrogens (tertiary/aromatic N) is 1. The largest absolute Gasteiger partial charge is 0.385 e. The summed E-state index contributed by atoms with van der Waals surface area (Å²) in [5, 5.41) is 17.4. The maximum atomic E-state index is 11.0. The Bertz CT molecular complexity index is 438. The van der Waals surface area contributed by atoms with Crippen molar-refractivity contribution in [3.63, 3.8) is 0 Å². The number of methoxy groups -OCH3 is 1. The van der Waals surface area contributed by atoms with Crippen molar-refractivity contribution in [3.8, 4) is 0 Å². The SMILES string of the molecule is CCCNc1cc(NCCCCCOC)cc([N+](=O)[O-])c1. The van der Waals surface area contributed by atoms with E-state index >= 15 is 0 Å². The third-order valence-corrected chi connectivity index (χ3v) is 3.06. The maximum absolute atomic E-state index is 11.0. The van der Waals surface area contributed by atoms with E-state index in [4.69, 9.17) is 4.74 Å². The number of benzene rings is 1. The second-order valence-electron chi connectivity index (χ2n) is 4.93. The molecule has 0 aliphatic carbocycles. The molecule has 0 aliphatic rings. The standard InChI is InChI=1S/C15H25N3O3/c1-3-7-16-13-10-14(12-15(11-13)18(19)20)17-8-5-4-6-9-21-2/h10-12,16-17H,3-9H2,1-2H3. The zero-order valence-electron chi connectivity index (χ0n) is 12.9. The van der Waals surface area contributed by atoms with Gasteiger partial charge in [-0.25, -0.2) is 0 Å². The average molecular weight is 295 g/mol. The molecule has 0 fully saturated rings. The van der Waals surface area contributed by atoms with Crippen LogP contribution in [-0.2, 0) is 4.74 Å². The van der Waals surface area contributed by atoms with E-state index in [9.17, 15) is 10.1 Å². The molecule has 0 atom stereocenters. The molecule has 118 valence electrons.